The Labute approximate surface area is 140 Å². The van der Waals surface area contributed by atoms with Gasteiger partial charge in [-0.15, -0.1) is 0 Å². The molecular formula is C18H18N2O4. The number of benzene rings is 1. The first-order valence-electron chi connectivity index (χ1n) is 7.32. The van der Waals surface area contributed by atoms with Gasteiger partial charge in [-0.1, -0.05) is 30.3 Å². The minimum Gasteiger partial charge on any atom is -0.466 e. The van der Waals surface area contributed by atoms with Gasteiger partial charge in [0.15, 0.2) is 0 Å². The van der Waals surface area contributed by atoms with E-state index in [9.17, 15) is 9.59 Å². The Balaban J connectivity index is 1.76. The van der Waals surface area contributed by atoms with Gasteiger partial charge in [0.1, 0.15) is 6.61 Å². The Morgan fingerprint density at radius 1 is 1.17 bits per heavy atom. The van der Waals surface area contributed by atoms with Gasteiger partial charge in [0.2, 0.25) is 0 Å². The summed E-state index contributed by atoms with van der Waals surface area (Å²) in [4.78, 5) is 26.6. The predicted molar refractivity (Wildman–Crippen MR) is 88.8 cm³/mol. The molecule has 0 aliphatic heterocycles. The van der Waals surface area contributed by atoms with E-state index in [1.165, 1.54) is 13.2 Å². The summed E-state index contributed by atoms with van der Waals surface area (Å²) in [5.41, 5.74) is 2.61. The Morgan fingerprint density at radius 2 is 1.96 bits per heavy atom. The smallest absolute Gasteiger partial charge is 0.407 e. The average Bonchev–Trinajstić information content (AvgIpc) is 2.64. The van der Waals surface area contributed by atoms with E-state index in [1.54, 1.807) is 24.5 Å². The molecule has 1 aromatic heterocycles. The summed E-state index contributed by atoms with van der Waals surface area (Å²) in [6, 6.07) is 11.0. The van der Waals surface area contributed by atoms with Gasteiger partial charge < -0.3 is 14.8 Å². The first-order valence-corrected chi connectivity index (χ1v) is 7.32. The fraction of sp³-hybridized carbons (Fsp3) is 0.167. The van der Waals surface area contributed by atoms with Crippen LogP contribution in [0.1, 0.15) is 16.7 Å². The van der Waals surface area contributed by atoms with Gasteiger partial charge in [0.05, 0.1) is 7.11 Å². The first kappa shape index (κ1) is 17.2. The van der Waals surface area contributed by atoms with Gasteiger partial charge in [0, 0.05) is 30.6 Å². The second kappa shape index (κ2) is 9.09. The quantitative estimate of drug-likeness (QED) is 0.652. The van der Waals surface area contributed by atoms with Crippen LogP contribution in [0.3, 0.4) is 0 Å². The molecule has 1 aromatic carbocycles. The van der Waals surface area contributed by atoms with E-state index < -0.39 is 12.1 Å². The highest BCUT2D eigenvalue weighted by molar-refractivity contribution is 5.86. The topological polar surface area (TPSA) is 77.5 Å². The van der Waals surface area contributed by atoms with Crippen molar-refractivity contribution in [2.75, 3.05) is 7.11 Å². The van der Waals surface area contributed by atoms with Crippen molar-refractivity contribution >= 4 is 18.1 Å². The Morgan fingerprint density at radius 3 is 2.62 bits per heavy atom. The van der Waals surface area contributed by atoms with Crippen LogP contribution in [0.5, 0.6) is 0 Å². The number of esters is 1. The number of hydrogen-bond acceptors (Lipinski definition) is 5. The average molecular weight is 326 g/mol. The van der Waals surface area contributed by atoms with E-state index in [1.807, 2.05) is 30.3 Å². The van der Waals surface area contributed by atoms with E-state index in [4.69, 9.17) is 4.74 Å². The molecule has 0 saturated carbocycles. The molecule has 0 radical (unpaired) electrons. The van der Waals surface area contributed by atoms with Crippen LogP contribution in [0.4, 0.5) is 4.79 Å². The van der Waals surface area contributed by atoms with Crippen LogP contribution in [0.15, 0.2) is 54.9 Å². The standard InChI is InChI=1S/C18H18N2O4/c1-23-17(21)9-8-14-4-6-15(7-5-14)12-20-18(22)24-13-16-3-2-10-19-11-16/h2-11H,12-13H2,1H3,(H,20,22). The molecule has 0 aliphatic carbocycles. The molecule has 6 heteroatoms. The van der Waals surface area contributed by atoms with Crippen LogP contribution in [-0.4, -0.2) is 24.2 Å². The van der Waals surface area contributed by atoms with Crippen LogP contribution >= 0.6 is 0 Å². The molecule has 0 fully saturated rings. The highest BCUT2D eigenvalue weighted by Gasteiger charge is 2.03. The lowest BCUT2D eigenvalue weighted by molar-refractivity contribution is -0.134. The lowest BCUT2D eigenvalue weighted by Crippen LogP contribution is -2.23. The number of nitrogens with one attached hydrogen (secondary N) is 1. The third-order valence-corrected chi connectivity index (χ3v) is 3.12. The number of nitrogens with zero attached hydrogens (tertiary/aromatic N) is 1. The van der Waals surface area contributed by atoms with Crippen molar-refractivity contribution in [2.24, 2.45) is 0 Å². The summed E-state index contributed by atoms with van der Waals surface area (Å²) < 4.78 is 9.62. The lowest BCUT2D eigenvalue weighted by atomic mass is 10.1. The molecule has 24 heavy (non-hydrogen) atoms. The highest BCUT2D eigenvalue weighted by atomic mass is 16.5. The molecule has 0 aliphatic rings. The van der Waals surface area contributed by atoms with Crippen molar-refractivity contribution < 1.29 is 19.1 Å². The normalized spacial score (nSPS) is 10.4. The summed E-state index contributed by atoms with van der Waals surface area (Å²) in [6.45, 7) is 0.532. The van der Waals surface area contributed by atoms with Crippen molar-refractivity contribution in [1.29, 1.82) is 0 Å². The van der Waals surface area contributed by atoms with E-state index >= 15 is 0 Å². The number of rotatable bonds is 6. The number of carbonyl (C=O) groups excluding carboxylic acids is 2. The molecule has 1 N–H and O–H groups in total. The molecule has 0 unspecified atom stereocenters. The number of aromatic nitrogens is 1. The molecule has 0 bridgehead atoms. The number of hydrogen-bond donors (Lipinski definition) is 1. The Bertz CT molecular complexity index is 697. The van der Waals surface area contributed by atoms with Crippen molar-refractivity contribution in [2.45, 2.75) is 13.2 Å². The monoisotopic (exact) mass is 326 g/mol. The van der Waals surface area contributed by atoms with Gasteiger partial charge in [-0.25, -0.2) is 9.59 Å². The maximum Gasteiger partial charge on any atom is 0.407 e. The van der Waals surface area contributed by atoms with Crippen molar-refractivity contribution in [3.63, 3.8) is 0 Å². The van der Waals surface area contributed by atoms with E-state index in [2.05, 4.69) is 15.0 Å². The molecule has 2 rings (SSSR count). The molecule has 0 spiro atoms. The minimum absolute atomic E-state index is 0.178. The number of amides is 1. The summed E-state index contributed by atoms with van der Waals surface area (Å²) in [5, 5.41) is 2.67. The minimum atomic E-state index is -0.492. The highest BCUT2D eigenvalue weighted by Crippen LogP contribution is 2.06. The van der Waals surface area contributed by atoms with Crippen LogP contribution in [-0.2, 0) is 27.4 Å². The van der Waals surface area contributed by atoms with E-state index in [0.717, 1.165) is 16.7 Å². The maximum atomic E-state index is 11.7. The molecule has 1 heterocycles. The zero-order chi connectivity index (χ0) is 17.2. The summed E-state index contributed by atoms with van der Waals surface area (Å²) >= 11 is 0. The molecule has 2 aromatic rings. The van der Waals surface area contributed by atoms with Gasteiger partial charge in [-0.3, -0.25) is 4.98 Å². The SMILES string of the molecule is COC(=O)C=Cc1ccc(CNC(=O)OCc2cccnc2)cc1. The molecule has 124 valence electrons. The zero-order valence-corrected chi connectivity index (χ0v) is 13.3. The zero-order valence-electron chi connectivity index (χ0n) is 13.3. The van der Waals surface area contributed by atoms with Crippen LogP contribution in [0, 0.1) is 0 Å². The Hall–Kier alpha value is -3.15. The third kappa shape index (κ3) is 5.92. The second-order valence-corrected chi connectivity index (χ2v) is 4.89. The van der Waals surface area contributed by atoms with E-state index in [0.29, 0.717) is 6.54 Å². The van der Waals surface area contributed by atoms with Gasteiger partial charge in [0.25, 0.3) is 0 Å². The van der Waals surface area contributed by atoms with Crippen molar-refractivity contribution in [1.82, 2.24) is 10.3 Å². The van der Waals surface area contributed by atoms with Crippen LogP contribution in [0.25, 0.3) is 6.08 Å². The van der Waals surface area contributed by atoms with Crippen molar-refractivity contribution in [3.05, 3.63) is 71.6 Å². The molecule has 1 amide bonds. The fourth-order valence-electron chi connectivity index (χ4n) is 1.84. The van der Waals surface area contributed by atoms with Gasteiger partial charge in [-0.2, -0.15) is 0 Å². The van der Waals surface area contributed by atoms with Gasteiger partial charge >= 0.3 is 12.1 Å². The number of alkyl carbamates (subject to hydrolysis) is 1. The predicted octanol–water partition coefficient (Wildman–Crippen LogP) is 2.69. The number of pyridine rings is 1. The fourth-order valence-corrected chi connectivity index (χ4v) is 1.84. The molecular weight excluding hydrogens is 308 g/mol. The number of methoxy groups -OCH3 is 1. The maximum absolute atomic E-state index is 11.7. The van der Waals surface area contributed by atoms with Crippen molar-refractivity contribution in [3.8, 4) is 0 Å². The van der Waals surface area contributed by atoms with E-state index in [-0.39, 0.29) is 6.61 Å². The summed E-state index contributed by atoms with van der Waals surface area (Å²) in [5.74, 6) is -0.405. The largest absolute Gasteiger partial charge is 0.466 e. The first-order chi connectivity index (χ1) is 11.7. The summed E-state index contributed by atoms with van der Waals surface area (Å²) in [7, 11) is 1.33. The second-order valence-electron chi connectivity index (χ2n) is 4.89. The molecule has 0 saturated heterocycles. The number of carbonyl (C=O) groups is 2. The van der Waals surface area contributed by atoms with Crippen LogP contribution < -0.4 is 5.32 Å². The lowest BCUT2D eigenvalue weighted by Gasteiger charge is -2.07. The molecule has 0 atom stereocenters. The van der Waals surface area contributed by atoms with Crippen LogP contribution in [0.2, 0.25) is 0 Å². The van der Waals surface area contributed by atoms with Gasteiger partial charge in [-0.05, 0) is 23.3 Å². The third-order valence-electron chi connectivity index (χ3n) is 3.12. The summed E-state index contributed by atoms with van der Waals surface area (Å²) in [6.07, 6.45) is 5.82. The Kier molecular flexibility index (Phi) is 6.52. The molecule has 6 nitrogen and oxygen atoms in total. The number of ether oxygens (including phenoxy) is 2.